The molecule has 0 bridgehead atoms. The third-order valence-electron chi connectivity index (χ3n) is 3.11. The summed E-state index contributed by atoms with van der Waals surface area (Å²) in [5, 5.41) is 11.6. The Labute approximate surface area is 114 Å². The van der Waals surface area contributed by atoms with Crippen molar-refractivity contribution in [3.8, 4) is 6.07 Å². The van der Waals surface area contributed by atoms with Crippen molar-refractivity contribution in [1.29, 1.82) is 5.26 Å². The van der Waals surface area contributed by atoms with Gasteiger partial charge in [-0.25, -0.2) is 0 Å². The Morgan fingerprint density at radius 1 is 1.32 bits per heavy atom. The molecule has 0 saturated heterocycles. The van der Waals surface area contributed by atoms with Gasteiger partial charge in [0.15, 0.2) is 0 Å². The van der Waals surface area contributed by atoms with Gasteiger partial charge in [-0.3, -0.25) is 4.79 Å². The predicted octanol–water partition coefficient (Wildman–Crippen LogP) is 2.11. The third-order valence-corrected chi connectivity index (χ3v) is 3.11. The van der Waals surface area contributed by atoms with Crippen LogP contribution in [0.5, 0.6) is 0 Å². The van der Waals surface area contributed by atoms with E-state index in [0.29, 0.717) is 5.56 Å². The molecule has 1 rings (SSSR count). The van der Waals surface area contributed by atoms with Gasteiger partial charge in [-0.05, 0) is 30.0 Å². The summed E-state index contributed by atoms with van der Waals surface area (Å²) in [5.74, 6) is -0.163. The Bertz CT molecular complexity index is 480. The van der Waals surface area contributed by atoms with Crippen molar-refractivity contribution in [3.63, 3.8) is 0 Å². The number of nitrogens with two attached hydrogens (primary N) is 1. The van der Waals surface area contributed by atoms with Crippen LogP contribution in [0.25, 0.3) is 0 Å². The minimum absolute atomic E-state index is 0.131. The molecule has 0 spiro atoms. The van der Waals surface area contributed by atoms with Crippen molar-refractivity contribution >= 4 is 5.91 Å². The first kappa shape index (κ1) is 15.2. The number of hydrogen-bond donors (Lipinski definition) is 2. The average molecular weight is 259 g/mol. The van der Waals surface area contributed by atoms with E-state index in [-0.39, 0.29) is 17.4 Å². The number of carbonyl (C=O) groups excluding carboxylic acids is 1. The molecule has 0 aliphatic carbocycles. The number of nitrogens with one attached hydrogen (secondary N) is 1. The Balaban J connectivity index is 2.71. The summed E-state index contributed by atoms with van der Waals surface area (Å²) in [6, 6.07) is 8.54. The van der Waals surface area contributed by atoms with E-state index in [1.54, 1.807) is 12.1 Å². The maximum atomic E-state index is 12.0. The fraction of sp³-hybridized carbons (Fsp3) is 0.467. The van der Waals surface area contributed by atoms with Crippen LogP contribution in [0.1, 0.15) is 44.9 Å². The minimum Gasteiger partial charge on any atom is -0.348 e. The Hall–Kier alpha value is -1.86. The van der Waals surface area contributed by atoms with E-state index in [1.807, 2.05) is 39.8 Å². The van der Waals surface area contributed by atoms with Crippen molar-refractivity contribution in [3.05, 3.63) is 35.4 Å². The molecule has 0 aromatic heterocycles. The second-order valence-corrected chi connectivity index (χ2v) is 5.81. The van der Waals surface area contributed by atoms with Gasteiger partial charge >= 0.3 is 0 Å². The van der Waals surface area contributed by atoms with Crippen LogP contribution in [0.3, 0.4) is 0 Å². The smallest absolute Gasteiger partial charge is 0.237 e. The molecule has 0 aliphatic rings. The van der Waals surface area contributed by atoms with E-state index in [1.165, 1.54) is 0 Å². The van der Waals surface area contributed by atoms with Crippen LogP contribution < -0.4 is 11.1 Å². The highest BCUT2D eigenvalue weighted by atomic mass is 16.2. The zero-order valence-corrected chi connectivity index (χ0v) is 11.9. The van der Waals surface area contributed by atoms with Crippen molar-refractivity contribution < 1.29 is 4.79 Å². The van der Waals surface area contributed by atoms with Crippen molar-refractivity contribution in [2.75, 3.05) is 0 Å². The molecule has 1 aromatic carbocycles. The number of carbonyl (C=O) groups is 1. The topological polar surface area (TPSA) is 78.9 Å². The molecular weight excluding hydrogens is 238 g/mol. The van der Waals surface area contributed by atoms with E-state index in [0.717, 1.165) is 5.56 Å². The summed E-state index contributed by atoms with van der Waals surface area (Å²) in [6.07, 6.45) is 0. The first-order valence-corrected chi connectivity index (χ1v) is 6.31. The van der Waals surface area contributed by atoms with Gasteiger partial charge in [-0.2, -0.15) is 5.26 Å². The maximum Gasteiger partial charge on any atom is 0.237 e. The largest absolute Gasteiger partial charge is 0.348 e. The SMILES string of the molecule is CC(NC(=O)C(N)C(C)(C)C)c1ccc(C#N)cc1. The first-order chi connectivity index (χ1) is 8.75. The van der Waals surface area contributed by atoms with Crippen molar-refractivity contribution in [1.82, 2.24) is 5.32 Å². The molecule has 0 fully saturated rings. The van der Waals surface area contributed by atoms with Crippen LogP contribution >= 0.6 is 0 Å². The van der Waals surface area contributed by atoms with Gasteiger partial charge in [0.05, 0.1) is 23.7 Å². The van der Waals surface area contributed by atoms with Crippen LogP contribution in [0.4, 0.5) is 0 Å². The van der Waals surface area contributed by atoms with Gasteiger partial charge in [-0.15, -0.1) is 0 Å². The molecule has 0 saturated carbocycles. The molecule has 102 valence electrons. The van der Waals surface area contributed by atoms with E-state index < -0.39 is 6.04 Å². The van der Waals surface area contributed by atoms with Crippen LogP contribution in [-0.4, -0.2) is 11.9 Å². The molecule has 3 N–H and O–H groups in total. The lowest BCUT2D eigenvalue weighted by molar-refractivity contribution is -0.125. The van der Waals surface area contributed by atoms with Crippen LogP contribution in [0, 0.1) is 16.7 Å². The molecule has 2 unspecified atom stereocenters. The van der Waals surface area contributed by atoms with Crippen LogP contribution in [0.2, 0.25) is 0 Å². The Morgan fingerprint density at radius 2 is 1.84 bits per heavy atom. The molecule has 1 amide bonds. The number of nitriles is 1. The van der Waals surface area contributed by atoms with E-state index >= 15 is 0 Å². The zero-order valence-electron chi connectivity index (χ0n) is 11.9. The summed E-state index contributed by atoms with van der Waals surface area (Å²) >= 11 is 0. The quantitative estimate of drug-likeness (QED) is 0.872. The molecule has 19 heavy (non-hydrogen) atoms. The zero-order chi connectivity index (χ0) is 14.6. The summed E-state index contributed by atoms with van der Waals surface area (Å²) in [4.78, 5) is 12.0. The summed E-state index contributed by atoms with van der Waals surface area (Å²) in [7, 11) is 0. The lowest BCUT2D eigenvalue weighted by Gasteiger charge is -2.27. The van der Waals surface area contributed by atoms with E-state index in [2.05, 4.69) is 11.4 Å². The highest BCUT2D eigenvalue weighted by Crippen LogP contribution is 2.19. The Morgan fingerprint density at radius 3 is 2.26 bits per heavy atom. The normalized spacial score (nSPS) is 14.3. The molecule has 0 aliphatic heterocycles. The van der Waals surface area contributed by atoms with E-state index in [4.69, 9.17) is 11.0 Å². The lowest BCUT2D eigenvalue weighted by atomic mass is 9.86. The van der Waals surface area contributed by atoms with Crippen LogP contribution in [0.15, 0.2) is 24.3 Å². The number of benzene rings is 1. The number of amides is 1. The van der Waals surface area contributed by atoms with Crippen molar-refractivity contribution in [2.45, 2.75) is 39.8 Å². The maximum absolute atomic E-state index is 12.0. The molecular formula is C15H21N3O. The van der Waals surface area contributed by atoms with E-state index in [9.17, 15) is 4.79 Å². The fourth-order valence-corrected chi connectivity index (χ4v) is 1.63. The van der Waals surface area contributed by atoms with Crippen molar-refractivity contribution in [2.24, 2.45) is 11.1 Å². The minimum atomic E-state index is -0.548. The standard InChI is InChI=1S/C15H21N3O/c1-10(12-7-5-11(9-16)6-8-12)18-14(19)13(17)15(2,3)4/h5-8,10,13H,17H2,1-4H3,(H,18,19). The summed E-state index contributed by atoms with van der Waals surface area (Å²) in [5.41, 5.74) is 7.20. The molecule has 0 heterocycles. The van der Waals surface area contributed by atoms with Gasteiger partial charge in [0.2, 0.25) is 5.91 Å². The van der Waals surface area contributed by atoms with Gasteiger partial charge in [0.1, 0.15) is 0 Å². The molecule has 2 atom stereocenters. The second-order valence-electron chi connectivity index (χ2n) is 5.81. The summed E-state index contributed by atoms with van der Waals surface area (Å²) < 4.78 is 0. The van der Waals surface area contributed by atoms with Gasteiger partial charge in [-0.1, -0.05) is 32.9 Å². The number of nitrogens with zero attached hydrogens (tertiary/aromatic N) is 1. The summed E-state index contributed by atoms with van der Waals surface area (Å²) in [6.45, 7) is 7.70. The molecule has 4 heteroatoms. The Kier molecular flexibility index (Phi) is 4.68. The number of hydrogen-bond acceptors (Lipinski definition) is 3. The monoisotopic (exact) mass is 259 g/mol. The molecule has 1 aromatic rings. The fourth-order valence-electron chi connectivity index (χ4n) is 1.63. The van der Waals surface area contributed by atoms with Gasteiger partial charge in [0, 0.05) is 0 Å². The van der Waals surface area contributed by atoms with Crippen LogP contribution in [-0.2, 0) is 4.79 Å². The highest BCUT2D eigenvalue weighted by Gasteiger charge is 2.28. The predicted molar refractivity (Wildman–Crippen MR) is 75.1 cm³/mol. The first-order valence-electron chi connectivity index (χ1n) is 6.31. The second kappa shape index (κ2) is 5.85. The molecule has 0 radical (unpaired) electrons. The lowest BCUT2D eigenvalue weighted by Crippen LogP contribution is -2.49. The average Bonchev–Trinajstić information content (AvgIpc) is 2.36. The highest BCUT2D eigenvalue weighted by molar-refractivity contribution is 5.82. The molecule has 4 nitrogen and oxygen atoms in total. The third kappa shape index (κ3) is 4.08. The van der Waals surface area contributed by atoms with Gasteiger partial charge < -0.3 is 11.1 Å². The van der Waals surface area contributed by atoms with Gasteiger partial charge in [0.25, 0.3) is 0 Å². The number of rotatable bonds is 3.